The van der Waals surface area contributed by atoms with E-state index >= 15 is 0 Å². The third-order valence-corrected chi connectivity index (χ3v) is 2.77. The van der Waals surface area contributed by atoms with Crippen LogP contribution in [0, 0.1) is 5.41 Å². The number of carbonyl (C=O) groups is 1. The molecular weight excluding hydrogens is 256 g/mol. The Labute approximate surface area is 122 Å². The van der Waals surface area contributed by atoms with Gasteiger partial charge in [-0.25, -0.2) is 0 Å². The first-order valence-corrected chi connectivity index (χ1v) is 7.22. The largest absolute Gasteiger partial charge is 0.459 e. The molecule has 0 aromatic heterocycles. The van der Waals surface area contributed by atoms with Crippen molar-refractivity contribution in [3.8, 4) is 0 Å². The fraction of sp³-hybridized carbons (Fsp3) is 0.857. The zero-order chi connectivity index (χ0) is 15.8. The van der Waals surface area contributed by atoms with E-state index in [9.17, 15) is 4.79 Å². The number of hydrogen-bond acceptors (Lipinski definition) is 4. The van der Waals surface area contributed by atoms with E-state index in [4.69, 9.17) is 15.9 Å². The number of nitrogens with one attached hydrogen (secondary N) is 3. The van der Waals surface area contributed by atoms with Gasteiger partial charge < -0.3 is 21.1 Å². The number of hydrogen-bond donors (Lipinski definition) is 4. The molecule has 0 spiro atoms. The Morgan fingerprint density at radius 3 is 2.45 bits per heavy atom. The predicted octanol–water partition coefficient (Wildman–Crippen LogP) is 1.35. The van der Waals surface area contributed by atoms with E-state index in [2.05, 4.69) is 17.6 Å². The van der Waals surface area contributed by atoms with Gasteiger partial charge in [-0.2, -0.15) is 0 Å². The highest BCUT2D eigenvalue weighted by molar-refractivity contribution is 5.76. The highest BCUT2D eigenvalue weighted by Crippen LogP contribution is 2.11. The number of rotatable bonds is 8. The van der Waals surface area contributed by atoms with Gasteiger partial charge >= 0.3 is 5.97 Å². The molecule has 0 rings (SSSR count). The van der Waals surface area contributed by atoms with Crippen molar-refractivity contribution in [3.05, 3.63) is 0 Å². The molecular formula is C14H30N4O2. The van der Waals surface area contributed by atoms with Crippen LogP contribution in [0.2, 0.25) is 0 Å². The average molecular weight is 286 g/mol. The minimum absolute atomic E-state index is 0.0475. The molecule has 1 unspecified atom stereocenters. The highest BCUT2D eigenvalue weighted by atomic mass is 16.6. The third-order valence-electron chi connectivity index (χ3n) is 2.77. The van der Waals surface area contributed by atoms with Gasteiger partial charge in [-0.05, 0) is 47.0 Å². The summed E-state index contributed by atoms with van der Waals surface area (Å²) in [5.41, 5.74) is 4.74. The maximum atomic E-state index is 12.2. The Morgan fingerprint density at radius 2 is 2.00 bits per heavy atom. The molecule has 0 saturated carbocycles. The number of carbonyl (C=O) groups excluding carboxylic acids is 1. The van der Waals surface area contributed by atoms with Gasteiger partial charge in [0.2, 0.25) is 0 Å². The van der Waals surface area contributed by atoms with Crippen LogP contribution in [-0.2, 0) is 9.53 Å². The van der Waals surface area contributed by atoms with Crippen molar-refractivity contribution in [2.45, 2.75) is 71.6 Å². The summed E-state index contributed by atoms with van der Waals surface area (Å²) in [6.45, 7) is 10.3. The van der Waals surface area contributed by atoms with Crippen molar-refractivity contribution < 1.29 is 9.53 Å². The molecule has 0 heterocycles. The van der Waals surface area contributed by atoms with Gasteiger partial charge in [-0.1, -0.05) is 6.92 Å². The second-order valence-electron chi connectivity index (χ2n) is 6.04. The van der Waals surface area contributed by atoms with Gasteiger partial charge in [0.25, 0.3) is 0 Å². The van der Waals surface area contributed by atoms with Crippen LogP contribution in [0.1, 0.15) is 53.9 Å². The Morgan fingerprint density at radius 1 is 1.40 bits per heavy atom. The molecule has 0 radical (unpaired) electrons. The van der Waals surface area contributed by atoms with Crippen molar-refractivity contribution in [1.29, 1.82) is 5.41 Å². The first-order chi connectivity index (χ1) is 9.15. The molecule has 6 nitrogen and oxygen atoms in total. The molecule has 0 aliphatic rings. The maximum Gasteiger partial charge on any atom is 0.323 e. The molecule has 0 aromatic carbocycles. The van der Waals surface area contributed by atoms with Crippen molar-refractivity contribution in [2.75, 3.05) is 6.54 Å². The fourth-order valence-electron chi connectivity index (χ4n) is 1.63. The summed E-state index contributed by atoms with van der Waals surface area (Å²) in [4.78, 5) is 12.2. The van der Waals surface area contributed by atoms with Gasteiger partial charge in [-0.3, -0.25) is 10.2 Å². The first kappa shape index (κ1) is 18.7. The summed E-state index contributed by atoms with van der Waals surface area (Å²) in [6.07, 6.45) is 2.34. The molecule has 0 saturated heterocycles. The van der Waals surface area contributed by atoms with E-state index in [1.807, 2.05) is 27.7 Å². The smallest absolute Gasteiger partial charge is 0.323 e. The first-order valence-electron chi connectivity index (χ1n) is 7.22. The quantitative estimate of drug-likeness (QED) is 0.233. The molecule has 0 aliphatic heterocycles. The van der Waals surface area contributed by atoms with Gasteiger partial charge in [-0.15, -0.1) is 0 Å². The molecule has 0 amide bonds. The minimum atomic E-state index is -0.482. The summed E-state index contributed by atoms with van der Waals surface area (Å²) >= 11 is 0. The summed E-state index contributed by atoms with van der Waals surface area (Å²) in [5.74, 6) is -0.269. The molecule has 5 N–H and O–H groups in total. The maximum absolute atomic E-state index is 12.2. The van der Waals surface area contributed by atoms with Crippen molar-refractivity contribution in [1.82, 2.24) is 10.6 Å². The Kier molecular flexibility index (Phi) is 8.22. The minimum Gasteiger partial charge on any atom is -0.459 e. The summed E-state index contributed by atoms with van der Waals surface area (Å²) in [5, 5.41) is 13.1. The van der Waals surface area contributed by atoms with Crippen molar-refractivity contribution >= 4 is 11.9 Å². The number of nitrogens with two attached hydrogens (primary N) is 1. The second-order valence-corrected chi connectivity index (χ2v) is 6.04. The lowest BCUT2D eigenvalue weighted by Crippen LogP contribution is -2.45. The van der Waals surface area contributed by atoms with E-state index in [0.29, 0.717) is 13.0 Å². The van der Waals surface area contributed by atoms with Gasteiger partial charge in [0.1, 0.15) is 11.6 Å². The van der Waals surface area contributed by atoms with E-state index in [1.54, 1.807) is 0 Å². The van der Waals surface area contributed by atoms with E-state index in [-0.39, 0.29) is 24.0 Å². The molecule has 0 aromatic rings. The summed E-state index contributed by atoms with van der Waals surface area (Å²) < 4.78 is 5.43. The Hall–Kier alpha value is -1.30. The summed E-state index contributed by atoms with van der Waals surface area (Å²) in [7, 11) is 0. The van der Waals surface area contributed by atoms with Crippen LogP contribution in [0.5, 0.6) is 0 Å². The number of guanidine groups is 1. The van der Waals surface area contributed by atoms with Gasteiger partial charge in [0.15, 0.2) is 5.96 Å². The zero-order valence-corrected chi connectivity index (χ0v) is 13.4. The molecule has 2 atom stereocenters. The second kappa shape index (κ2) is 8.79. The summed E-state index contributed by atoms with van der Waals surface area (Å²) in [6, 6.07) is -0.0637. The SMILES string of the molecule is CCC(C)N[C@@H](CCCNC(=N)N)C(=O)OC(C)(C)C. The van der Waals surface area contributed by atoms with E-state index in [0.717, 1.165) is 12.8 Å². The Balaban J connectivity index is 4.40. The average Bonchev–Trinajstić information content (AvgIpc) is 2.30. The lowest BCUT2D eigenvalue weighted by atomic mass is 10.1. The molecule has 0 bridgehead atoms. The molecule has 118 valence electrons. The van der Waals surface area contributed by atoms with Crippen LogP contribution in [0.25, 0.3) is 0 Å². The third kappa shape index (κ3) is 9.61. The normalized spacial score (nSPS) is 14.4. The number of esters is 1. The molecule has 20 heavy (non-hydrogen) atoms. The van der Waals surface area contributed by atoms with Crippen LogP contribution in [0.4, 0.5) is 0 Å². The van der Waals surface area contributed by atoms with Crippen LogP contribution in [0.15, 0.2) is 0 Å². The van der Waals surface area contributed by atoms with E-state index in [1.165, 1.54) is 0 Å². The monoisotopic (exact) mass is 286 g/mol. The predicted molar refractivity (Wildman–Crippen MR) is 81.7 cm³/mol. The molecule has 0 aliphatic carbocycles. The van der Waals surface area contributed by atoms with Gasteiger partial charge in [0.05, 0.1) is 0 Å². The van der Waals surface area contributed by atoms with Gasteiger partial charge in [0, 0.05) is 12.6 Å². The highest BCUT2D eigenvalue weighted by Gasteiger charge is 2.25. The number of ether oxygens (including phenoxy) is 1. The topological polar surface area (TPSA) is 100 Å². The van der Waals surface area contributed by atoms with E-state index < -0.39 is 5.60 Å². The standard InChI is InChI=1S/C14H30N4O2/c1-6-10(2)18-11(8-7-9-17-13(15)16)12(19)20-14(3,4)5/h10-11,18H,6-9H2,1-5H3,(H4,15,16,17)/t10?,11-/m0/s1. The molecule has 6 heteroatoms. The van der Waals surface area contributed by atoms with Crippen molar-refractivity contribution in [2.24, 2.45) is 5.73 Å². The van der Waals surface area contributed by atoms with Crippen LogP contribution in [0.3, 0.4) is 0 Å². The van der Waals surface area contributed by atoms with Crippen LogP contribution in [-0.4, -0.2) is 36.2 Å². The van der Waals surface area contributed by atoms with Crippen LogP contribution >= 0.6 is 0 Å². The van der Waals surface area contributed by atoms with Crippen molar-refractivity contribution in [3.63, 3.8) is 0 Å². The lowest BCUT2D eigenvalue weighted by molar-refractivity contribution is -0.157. The Bertz CT molecular complexity index is 313. The lowest BCUT2D eigenvalue weighted by Gasteiger charge is -2.26. The zero-order valence-electron chi connectivity index (χ0n) is 13.4. The molecule has 0 fully saturated rings. The van der Waals surface area contributed by atoms with Crippen LogP contribution < -0.4 is 16.4 Å². The fourth-order valence-corrected chi connectivity index (χ4v) is 1.63.